The molecule has 1 aromatic heterocycles. The van der Waals surface area contributed by atoms with Crippen molar-refractivity contribution >= 4 is 77.5 Å². The van der Waals surface area contributed by atoms with Crippen molar-refractivity contribution in [3.8, 4) is 5.75 Å². The van der Waals surface area contributed by atoms with Crippen molar-refractivity contribution in [1.29, 1.82) is 0 Å². The Labute approximate surface area is 371 Å². The summed E-state index contributed by atoms with van der Waals surface area (Å²) in [5.74, 6) is 1.16. The van der Waals surface area contributed by atoms with Gasteiger partial charge in [-0.1, -0.05) is 23.5 Å². The number of azo groups is 1. The van der Waals surface area contributed by atoms with E-state index in [2.05, 4.69) is 43.5 Å². The third-order valence-corrected chi connectivity index (χ3v) is 9.01. The number of aromatic nitrogens is 3. The van der Waals surface area contributed by atoms with Gasteiger partial charge in [0.25, 0.3) is 0 Å². The quantitative estimate of drug-likeness (QED) is 0.0319. The topological polar surface area (TPSA) is 199 Å². The first-order valence-corrected chi connectivity index (χ1v) is 17.4. The van der Waals surface area contributed by atoms with E-state index < -0.39 is 26.0 Å². The van der Waals surface area contributed by atoms with Gasteiger partial charge >= 0.3 is 118 Å². The standard InChI is InChI=1S/C26H26N6O7S4.4Na/c1-3-12-40-25-28-24(29-26(30-25)41-13-5-14-42(33,34)35)27-21-11-10-19(16-22(21)39-2)32-31-18-9-8-17-6-4-7-23(20(17)15-18)43(36,37)38;;;;/h6-11,15-16H,1,3,5,12-14H2,2H3,(H,33,34,35)(H,36,37,38)(H,27,28,29,30);;;;/q-2;4*+1/p-2. The van der Waals surface area contributed by atoms with Gasteiger partial charge in [0.1, 0.15) is 5.75 Å². The monoisotopic (exact) mass is 752 g/mol. The first kappa shape index (κ1) is 47.7. The Morgan fingerprint density at radius 2 is 1.51 bits per heavy atom. The molecule has 0 aliphatic rings. The molecule has 3 aromatic carbocycles. The van der Waals surface area contributed by atoms with E-state index in [1.807, 2.05) is 0 Å². The van der Waals surface area contributed by atoms with Gasteiger partial charge in [0.05, 0.1) is 44.4 Å². The summed E-state index contributed by atoms with van der Waals surface area (Å²) in [7, 11) is -7.53. The fraction of sp³-hybridized carbons (Fsp3) is 0.231. The predicted octanol–water partition coefficient (Wildman–Crippen LogP) is -6.74. The van der Waals surface area contributed by atoms with E-state index in [4.69, 9.17) is 4.74 Å². The maximum Gasteiger partial charge on any atom is 1.00 e. The minimum absolute atomic E-state index is 0. The van der Waals surface area contributed by atoms with E-state index in [0.717, 1.165) is 6.07 Å². The number of nitrogens with one attached hydrogen (secondary N) is 1. The Kier molecular flexibility index (Phi) is 22.9. The fourth-order valence-electron chi connectivity index (χ4n) is 3.60. The average Bonchev–Trinajstić information content (AvgIpc) is 2.96. The van der Waals surface area contributed by atoms with Gasteiger partial charge in [0, 0.05) is 17.6 Å². The summed E-state index contributed by atoms with van der Waals surface area (Å²) in [5.41, 5.74) is 1.27. The van der Waals surface area contributed by atoms with Crippen LogP contribution < -0.4 is 128 Å². The largest absolute Gasteiger partial charge is 1.00 e. The smallest absolute Gasteiger partial charge is 0.754 e. The minimum Gasteiger partial charge on any atom is -0.754 e. The summed E-state index contributed by atoms with van der Waals surface area (Å²) < 4.78 is 73.1. The first-order valence-electron chi connectivity index (χ1n) is 12.5. The van der Waals surface area contributed by atoms with Gasteiger partial charge in [0.15, 0.2) is 10.3 Å². The molecule has 0 spiro atoms. The molecule has 0 fully saturated rings. The number of ether oxygens (including phenoxy) is 1. The molecule has 4 aromatic rings. The molecule has 0 saturated carbocycles. The van der Waals surface area contributed by atoms with E-state index in [-0.39, 0.29) is 141 Å². The molecule has 0 aliphatic heterocycles. The molecule has 0 amide bonds. The first-order chi connectivity index (χ1) is 20.4. The third-order valence-electron chi connectivity index (χ3n) is 5.48. The second-order valence-corrected chi connectivity index (χ2v) is 13.6. The Hall–Kier alpha value is 0.650. The van der Waals surface area contributed by atoms with E-state index >= 15 is 0 Å². The molecule has 1 N–H and O–H groups in total. The Morgan fingerprint density at radius 3 is 2.11 bits per heavy atom. The molecule has 13 nitrogen and oxygen atoms in total. The molecular weight excluding hydrogens is 729 g/mol. The number of anilines is 2. The summed E-state index contributed by atoms with van der Waals surface area (Å²) in [6.45, 7) is 3.82. The molecular formula is C26H24N6Na4O7S4. The summed E-state index contributed by atoms with van der Waals surface area (Å²) >= 11 is 2.59. The summed E-state index contributed by atoms with van der Waals surface area (Å²) in [6, 6.07) is 15.0. The second kappa shape index (κ2) is 22.6. The van der Waals surface area contributed by atoms with Crippen molar-refractivity contribution in [3.63, 3.8) is 0 Å². The maximum atomic E-state index is 11.6. The van der Waals surface area contributed by atoms with Crippen LogP contribution in [0.1, 0.15) is 12.8 Å². The predicted molar refractivity (Wildman–Crippen MR) is 162 cm³/mol. The van der Waals surface area contributed by atoms with E-state index in [9.17, 15) is 25.9 Å². The molecule has 4 rings (SSSR count). The van der Waals surface area contributed by atoms with E-state index in [1.54, 1.807) is 36.4 Å². The van der Waals surface area contributed by atoms with Crippen LogP contribution in [0.5, 0.6) is 5.75 Å². The molecule has 0 saturated heterocycles. The zero-order valence-electron chi connectivity index (χ0n) is 26.6. The Balaban J connectivity index is 0.00000529. The molecule has 0 radical (unpaired) electrons. The van der Waals surface area contributed by atoms with Gasteiger partial charge in [0.2, 0.25) is 5.95 Å². The zero-order valence-corrected chi connectivity index (χ0v) is 37.9. The molecule has 21 heteroatoms. The average molecular weight is 753 g/mol. The number of methoxy groups -OCH3 is 1. The molecule has 47 heavy (non-hydrogen) atoms. The normalized spacial score (nSPS) is 11.1. The molecule has 1 heterocycles. The zero-order chi connectivity index (χ0) is 31.0. The van der Waals surface area contributed by atoms with E-state index in [0.29, 0.717) is 56.4 Å². The Bertz CT molecular complexity index is 1870. The molecule has 0 aliphatic carbocycles. The number of fused-ring (bicyclic) bond motifs is 1. The van der Waals surface area contributed by atoms with Gasteiger partial charge < -0.3 is 26.1 Å². The van der Waals surface area contributed by atoms with Crippen molar-refractivity contribution in [2.45, 2.75) is 28.0 Å². The van der Waals surface area contributed by atoms with Crippen molar-refractivity contribution in [3.05, 3.63) is 61.5 Å². The maximum absolute atomic E-state index is 11.6. The van der Waals surface area contributed by atoms with Crippen molar-refractivity contribution in [1.82, 2.24) is 15.0 Å². The van der Waals surface area contributed by atoms with E-state index in [1.165, 1.54) is 36.7 Å². The molecule has 0 bridgehead atoms. The van der Waals surface area contributed by atoms with Crippen molar-refractivity contribution < 1.29 is 149 Å². The number of benzene rings is 3. The van der Waals surface area contributed by atoms with Gasteiger partial charge in [-0.05, 0) is 41.3 Å². The second-order valence-electron chi connectivity index (χ2n) is 8.64. The van der Waals surface area contributed by atoms with Crippen LogP contribution in [-0.4, -0.2) is 65.3 Å². The van der Waals surface area contributed by atoms with Gasteiger partial charge in [-0.15, -0.1) is 16.8 Å². The van der Waals surface area contributed by atoms with Gasteiger partial charge in [-0.3, -0.25) is 8.42 Å². The summed E-state index contributed by atoms with van der Waals surface area (Å²) in [5, 5.41) is 13.1. The van der Waals surface area contributed by atoms with Crippen LogP contribution in [0, 0.1) is 13.0 Å². The van der Waals surface area contributed by atoms with Crippen LogP contribution >= 0.6 is 23.5 Å². The van der Waals surface area contributed by atoms with Crippen molar-refractivity contribution in [2.24, 2.45) is 10.2 Å². The van der Waals surface area contributed by atoms with Crippen molar-refractivity contribution in [2.75, 3.05) is 29.7 Å². The number of hydrogen-bond acceptors (Lipinski definition) is 15. The SMILES string of the molecule is [CH2-]CCSc1nc(Nc2ccc(N=Nc3ccc4c[c-]cc(S(=O)(=O)[O-])c4c3)cc2OC)nc(SCCCS(=O)(=O)[O-])n1.[Na+].[Na+].[Na+].[Na+]. The number of rotatable bonds is 14. The molecule has 228 valence electrons. The molecule has 0 unspecified atom stereocenters. The van der Waals surface area contributed by atoms with Crippen LogP contribution in [0.2, 0.25) is 0 Å². The number of nitrogens with zero attached hydrogens (tertiary/aromatic N) is 5. The van der Waals surface area contributed by atoms with Crippen LogP contribution in [0.25, 0.3) is 10.8 Å². The minimum atomic E-state index is -4.70. The molecule has 0 atom stereocenters. The third kappa shape index (κ3) is 15.4. The summed E-state index contributed by atoms with van der Waals surface area (Å²) in [4.78, 5) is 12.8. The fourth-order valence-corrected chi connectivity index (χ4v) is 6.40. The van der Waals surface area contributed by atoms with Crippen LogP contribution in [-0.2, 0) is 20.2 Å². The van der Waals surface area contributed by atoms with Crippen LogP contribution in [0.15, 0.2) is 74.0 Å². The van der Waals surface area contributed by atoms with Crippen LogP contribution in [0.3, 0.4) is 0 Å². The summed E-state index contributed by atoms with van der Waals surface area (Å²) in [6.07, 6.45) is 0.816. The number of hydrogen-bond donors (Lipinski definition) is 1. The van der Waals surface area contributed by atoms with Gasteiger partial charge in [-0.2, -0.15) is 49.8 Å². The Morgan fingerprint density at radius 1 is 0.894 bits per heavy atom. The van der Waals surface area contributed by atoms with Crippen LogP contribution in [0.4, 0.5) is 23.0 Å². The van der Waals surface area contributed by atoms with Gasteiger partial charge in [-0.25, -0.2) is 8.42 Å². The number of thioether (sulfide) groups is 2.